The largest absolute Gasteiger partial charge is 0.309 e. The first-order valence-electron chi connectivity index (χ1n) is 8.54. The molecule has 0 aliphatic carbocycles. The number of benzene rings is 1. The van der Waals surface area contributed by atoms with Gasteiger partial charge < -0.3 is 5.32 Å². The van der Waals surface area contributed by atoms with Crippen LogP contribution in [0.5, 0.6) is 0 Å². The highest BCUT2D eigenvalue weighted by Gasteiger charge is 2.25. The van der Waals surface area contributed by atoms with Crippen molar-refractivity contribution >= 4 is 11.8 Å². The fraction of sp³-hybridized carbons (Fsp3) is 0.684. The predicted octanol–water partition coefficient (Wildman–Crippen LogP) is 5.82. The number of rotatable bonds is 11. The summed E-state index contributed by atoms with van der Waals surface area (Å²) in [5.41, 5.74) is 1.44. The van der Waals surface area contributed by atoms with E-state index in [1.54, 1.807) is 0 Å². The van der Waals surface area contributed by atoms with E-state index in [0.717, 1.165) is 6.54 Å². The van der Waals surface area contributed by atoms with Crippen molar-refractivity contribution in [2.45, 2.75) is 70.1 Å². The van der Waals surface area contributed by atoms with Crippen LogP contribution in [-0.4, -0.2) is 17.5 Å². The van der Waals surface area contributed by atoms with Gasteiger partial charge in [-0.3, -0.25) is 0 Å². The van der Waals surface area contributed by atoms with Crippen molar-refractivity contribution in [2.24, 2.45) is 0 Å². The lowest BCUT2D eigenvalue weighted by Gasteiger charge is -2.32. The van der Waals surface area contributed by atoms with E-state index in [2.05, 4.69) is 62.7 Å². The molecule has 0 saturated heterocycles. The van der Waals surface area contributed by atoms with E-state index < -0.39 is 0 Å². The van der Waals surface area contributed by atoms with Crippen LogP contribution in [0.4, 0.5) is 0 Å². The van der Waals surface area contributed by atoms with Crippen LogP contribution >= 0.6 is 11.8 Å². The molecule has 2 heteroatoms. The molecule has 0 aliphatic heterocycles. The minimum Gasteiger partial charge on any atom is -0.309 e. The highest BCUT2D eigenvalue weighted by molar-refractivity contribution is 8.00. The molecule has 0 aliphatic rings. The summed E-state index contributed by atoms with van der Waals surface area (Å²) in [6.07, 6.45) is 9.90. The molecule has 0 fully saturated rings. The van der Waals surface area contributed by atoms with Gasteiger partial charge in [-0.05, 0) is 31.1 Å². The fourth-order valence-electron chi connectivity index (χ4n) is 2.84. The van der Waals surface area contributed by atoms with Gasteiger partial charge >= 0.3 is 0 Å². The zero-order valence-corrected chi connectivity index (χ0v) is 15.1. The number of thioether (sulfide) groups is 1. The summed E-state index contributed by atoms with van der Waals surface area (Å²) < 4.78 is 0.387. The van der Waals surface area contributed by atoms with E-state index in [4.69, 9.17) is 0 Å². The van der Waals surface area contributed by atoms with Crippen LogP contribution in [0, 0.1) is 0 Å². The summed E-state index contributed by atoms with van der Waals surface area (Å²) in [5, 5.41) is 3.87. The van der Waals surface area contributed by atoms with E-state index in [-0.39, 0.29) is 0 Å². The lowest BCUT2D eigenvalue weighted by atomic mass is 9.97. The first-order valence-corrected chi connectivity index (χ1v) is 9.77. The van der Waals surface area contributed by atoms with Gasteiger partial charge in [0.25, 0.3) is 0 Å². The Balaban J connectivity index is 2.68. The van der Waals surface area contributed by atoms with Crippen LogP contribution in [-0.2, 0) is 0 Å². The minimum absolute atomic E-state index is 0.387. The third-order valence-corrected chi connectivity index (χ3v) is 6.28. The zero-order valence-electron chi connectivity index (χ0n) is 14.3. The summed E-state index contributed by atoms with van der Waals surface area (Å²) in [6, 6.07) is 11.5. The molecule has 1 unspecified atom stereocenters. The highest BCUT2D eigenvalue weighted by Crippen LogP contribution is 2.31. The molecule has 1 aromatic rings. The molecule has 1 N–H and O–H groups in total. The minimum atomic E-state index is 0.387. The van der Waals surface area contributed by atoms with Crippen molar-refractivity contribution in [1.82, 2.24) is 5.32 Å². The number of hydrogen-bond donors (Lipinski definition) is 1. The normalized spacial score (nSPS) is 13.3. The Morgan fingerprint density at radius 1 is 1.05 bits per heavy atom. The third-order valence-electron chi connectivity index (χ3n) is 4.69. The molecule has 1 rings (SSSR count). The van der Waals surface area contributed by atoms with Crippen LogP contribution in [0.2, 0.25) is 0 Å². The van der Waals surface area contributed by atoms with Gasteiger partial charge in [0, 0.05) is 17.3 Å². The quantitative estimate of drug-likeness (QED) is 0.517. The Morgan fingerprint density at radius 2 is 1.71 bits per heavy atom. The van der Waals surface area contributed by atoms with Crippen molar-refractivity contribution in [1.29, 1.82) is 0 Å². The third kappa shape index (κ3) is 6.04. The molecule has 1 atom stereocenters. The summed E-state index contributed by atoms with van der Waals surface area (Å²) in [5.74, 6) is 0. The fourth-order valence-corrected chi connectivity index (χ4v) is 3.65. The molecular weight excluding hydrogens is 274 g/mol. The second-order valence-electron chi connectivity index (χ2n) is 5.93. The Morgan fingerprint density at radius 3 is 2.24 bits per heavy atom. The van der Waals surface area contributed by atoms with E-state index >= 15 is 0 Å². The van der Waals surface area contributed by atoms with Gasteiger partial charge in [-0.1, -0.05) is 70.4 Å². The van der Waals surface area contributed by atoms with Crippen LogP contribution in [0.3, 0.4) is 0 Å². The summed E-state index contributed by atoms with van der Waals surface area (Å²) in [7, 11) is 0. The topological polar surface area (TPSA) is 12.0 Å². The number of hydrogen-bond acceptors (Lipinski definition) is 2. The van der Waals surface area contributed by atoms with Crippen LogP contribution < -0.4 is 5.32 Å². The Bertz CT molecular complexity index is 351. The smallest absolute Gasteiger partial charge is 0.0320 e. The van der Waals surface area contributed by atoms with Gasteiger partial charge in [-0.15, -0.1) is 0 Å². The Kier molecular flexibility index (Phi) is 9.10. The molecule has 0 spiro atoms. The summed E-state index contributed by atoms with van der Waals surface area (Å²) in [4.78, 5) is 0. The standard InChI is InChI=1S/C19H33NS/c1-5-8-10-15-18(17-13-11-9-12-14-17)20-16-19(6-2,7-3)21-4/h9,11-14,18,20H,5-8,10,15-16H2,1-4H3. The van der Waals surface area contributed by atoms with Crippen molar-refractivity contribution in [3.05, 3.63) is 35.9 Å². The van der Waals surface area contributed by atoms with Crippen LogP contribution in [0.15, 0.2) is 30.3 Å². The monoisotopic (exact) mass is 307 g/mol. The maximum atomic E-state index is 3.87. The molecule has 0 saturated carbocycles. The molecule has 0 bridgehead atoms. The molecule has 0 aromatic heterocycles. The molecule has 21 heavy (non-hydrogen) atoms. The SMILES string of the molecule is CCCCCC(NCC(CC)(CC)SC)c1ccccc1. The molecule has 1 nitrogen and oxygen atoms in total. The van der Waals surface area contributed by atoms with E-state index in [1.165, 1.54) is 44.1 Å². The van der Waals surface area contributed by atoms with Gasteiger partial charge in [0.05, 0.1) is 0 Å². The van der Waals surface area contributed by atoms with Crippen molar-refractivity contribution in [3.63, 3.8) is 0 Å². The summed E-state index contributed by atoms with van der Waals surface area (Å²) >= 11 is 2.02. The zero-order chi connectivity index (χ0) is 15.6. The van der Waals surface area contributed by atoms with Gasteiger partial charge in [-0.2, -0.15) is 11.8 Å². The first-order chi connectivity index (χ1) is 10.2. The van der Waals surface area contributed by atoms with Gasteiger partial charge in [0.2, 0.25) is 0 Å². The maximum Gasteiger partial charge on any atom is 0.0320 e. The average Bonchev–Trinajstić information content (AvgIpc) is 2.55. The molecule has 0 radical (unpaired) electrons. The molecule has 120 valence electrons. The molecular formula is C19H33NS. The molecule has 1 aromatic carbocycles. The van der Waals surface area contributed by atoms with Crippen molar-refractivity contribution in [2.75, 3.05) is 12.8 Å². The Hall–Kier alpha value is -0.470. The second-order valence-corrected chi connectivity index (χ2v) is 7.21. The molecule has 0 amide bonds. The van der Waals surface area contributed by atoms with Gasteiger partial charge in [-0.25, -0.2) is 0 Å². The highest BCUT2D eigenvalue weighted by atomic mass is 32.2. The van der Waals surface area contributed by atoms with E-state index in [9.17, 15) is 0 Å². The van der Waals surface area contributed by atoms with Crippen LogP contribution in [0.25, 0.3) is 0 Å². The lowest BCUT2D eigenvalue weighted by molar-refractivity contribution is 0.419. The number of unbranched alkanes of at least 4 members (excludes halogenated alkanes) is 2. The maximum absolute atomic E-state index is 3.87. The first kappa shape index (κ1) is 18.6. The second kappa shape index (κ2) is 10.3. The molecule has 0 heterocycles. The van der Waals surface area contributed by atoms with Crippen LogP contribution in [0.1, 0.15) is 70.9 Å². The Labute approximate surface area is 136 Å². The lowest BCUT2D eigenvalue weighted by Crippen LogP contribution is -2.38. The van der Waals surface area contributed by atoms with Crippen molar-refractivity contribution < 1.29 is 0 Å². The van der Waals surface area contributed by atoms with Gasteiger partial charge in [0.15, 0.2) is 0 Å². The average molecular weight is 308 g/mol. The van der Waals surface area contributed by atoms with E-state index in [0.29, 0.717) is 10.8 Å². The van der Waals surface area contributed by atoms with Gasteiger partial charge in [0.1, 0.15) is 0 Å². The van der Waals surface area contributed by atoms with E-state index in [1.807, 2.05) is 11.8 Å². The van der Waals surface area contributed by atoms with Crippen molar-refractivity contribution in [3.8, 4) is 0 Å². The summed E-state index contributed by atoms with van der Waals surface area (Å²) in [6.45, 7) is 8.01. The predicted molar refractivity (Wildman–Crippen MR) is 98.2 cm³/mol. The number of nitrogens with one attached hydrogen (secondary N) is 1.